The Hall–Kier alpha value is -2.13. The molecule has 1 unspecified atom stereocenters. The van der Waals surface area contributed by atoms with E-state index in [1.54, 1.807) is 26.0 Å². The summed E-state index contributed by atoms with van der Waals surface area (Å²) in [4.78, 5) is 25.6. The zero-order chi connectivity index (χ0) is 20.7. The van der Waals surface area contributed by atoms with Gasteiger partial charge >= 0.3 is 0 Å². The summed E-state index contributed by atoms with van der Waals surface area (Å²) in [6, 6.07) is 7.09. The highest BCUT2D eigenvalue weighted by atomic mass is 32.2. The van der Waals surface area contributed by atoms with Gasteiger partial charge in [-0.1, -0.05) is 0 Å². The number of carbonyl (C=O) groups excluding carboxylic acids is 2. The van der Waals surface area contributed by atoms with Crippen LogP contribution in [0.1, 0.15) is 46.0 Å². The van der Waals surface area contributed by atoms with Crippen LogP contribution in [0.15, 0.2) is 24.3 Å². The summed E-state index contributed by atoms with van der Waals surface area (Å²) in [7, 11) is -3.25. The van der Waals surface area contributed by atoms with Gasteiger partial charge in [0.2, 0.25) is 21.8 Å². The Balaban J connectivity index is 1.75. The van der Waals surface area contributed by atoms with Crippen molar-refractivity contribution in [1.82, 2.24) is 4.72 Å². The predicted octanol–water partition coefficient (Wildman–Crippen LogP) is 1.58. The number of nitrogens with two attached hydrogens (primary N) is 1. The number of unbranched alkanes of at least 4 members (excludes halogenated alkanes) is 1. The molecule has 8 nitrogen and oxygen atoms in total. The standard InChI is InChI=1S/C19H30N4O4S/c1-14(2)28(26,27)21-12-4-3-7-18(24)22-15-8-10-16(11-9-15)23-13-5-6-17(23)19(20)25/h8-11,14,17,21H,3-7,12-13H2,1-2H3,(H2,20,25)(H,22,24). The predicted molar refractivity (Wildman–Crippen MR) is 111 cm³/mol. The summed E-state index contributed by atoms with van der Waals surface area (Å²) in [6.45, 7) is 4.37. The highest BCUT2D eigenvalue weighted by Gasteiger charge is 2.28. The molecule has 1 aliphatic heterocycles. The fourth-order valence-electron chi connectivity index (χ4n) is 3.12. The van der Waals surface area contributed by atoms with Crippen molar-refractivity contribution in [1.29, 1.82) is 0 Å². The highest BCUT2D eigenvalue weighted by molar-refractivity contribution is 7.90. The number of anilines is 2. The molecule has 0 saturated carbocycles. The number of hydrogen-bond donors (Lipinski definition) is 3. The van der Waals surface area contributed by atoms with E-state index in [0.29, 0.717) is 31.5 Å². The molecule has 28 heavy (non-hydrogen) atoms. The highest BCUT2D eigenvalue weighted by Crippen LogP contribution is 2.26. The largest absolute Gasteiger partial charge is 0.368 e. The molecule has 1 fully saturated rings. The van der Waals surface area contributed by atoms with E-state index in [4.69, 9.17) is 5.73 Å². The summed E-state index contributed by atoms with van der Waals surface area (Å²) in [5, 5.41) is 2.37. The SMILES string of the molecule is CC(C)S(=O)(=O)NCCCCC(=O)Nc1ccc(N2CCCC2C(N)=O)cc1. The minimum absolute atomic E-state index is 0.115. The fraction of sp³-hybridized carbons (Fsp3) is 0.579. The lowest BCUT2D eigenvalue weighted by Crippen LogP contribution is -2.40. The first kappa shape index (κ1) is 22.2. The Labute approximate surface area is 166 Å². The zero-order valence-electron chi connectivity index (χ0n) is 16.5. The van der Waals surface area contributed by atoms with Gasteiger partial charge in [0, 0.05) is 30.9 Å². The van der Waals surface area contributed by atoms with Crippen LogP contribution in [0.2, 0.25) is 0 Å². The molecule has 0 bridgehead atoms. The lowest BCUT2D eigenvalue weighted by molar-refractivity contribution is -0.119. The summed E-state index contributed by atoms with van der Waals surface area (Å²) in [5.41, 5.74) is 7.05. The average molecular weight is 411 g/mol. The van der Waals surface area contributed by atoms with Crippen molar-refractivity contribution < 1.29 is 18.0 Å². The van der Waals surface area contributed by atoms with Crippen molar-refractivity contribution in [2.75, 3.05) is 23.3 Å². The van der Waals surface area contributed by atoms with E-state index in [9.17, 15) is 18.0 Å². The van der Waals surface area contributed by atoms with Gasteiger partial charge in [0.1, 0.15) is 6.04 Å². The minimum atomic E-state index is -3.25. The van der Waals surface area contributed by atoms with Crippen LogP contribution in [0.25, 0.3) is 0 Å². The van der Waals surface area contributed by atoms with Gasteiger partial charge in [0.05, 0.1) is 5.25 Å². The van der Waals surface area contributed by atoms with Gasteiger partial charge in [-0.2, -0.15) is 0 Å². The Kier molecular flexibility index (Phi) is 7.82. The maximum atomic E-state index is 12.0. The first-order valence-electron chi connectivity index (χ1n) is 9.65. The monoisotopic (exact) mass is 410 g/mol. The number of nitrogens with zero attached hydrogens (tertiary/aromatic N) is 1. The molecular formula is C19H30N4O4S. The van der Waals surface area contributed by atoms with E-state index < -0.39 is 15.3 Å². The molecule has 1 atom stereocenters. The number of sulfonamides is 1. The fourth-order valence-corrected chi connectivity index (χ4v) is 3.89. The molecule has 1 aromatic carbocycles. The van der Waals surface area contributed by atoms with Crippen molar-refractivity contribution >= 4 is 33.2 Å². The van der Waals surface area contributed by atoms with Crippen molar-refractivity contribution in [3.8, 4) is 0 Å². The van der Waals surface area contributed by atoms with E-state index in [2.05, 4.69) is 10.0 Å². The van der Waals surface area contributed by atoms with Gasteiger partial charge in [0.15, 0.2) is 0 Å². The Morgan fingerprint density at radius 1 is 1.21 bits per heavy atom. The van der Waals surface area contributed by atoms with Gasteiger partial charge in [-0.25, -0.2) is 13.1 Å². The number of primary amides is 1. The third kappa shape index (κ3) is 6.20. The smallest absolute Gasteiger partial charge is 0.240 e. The van der Waals surface area contributed by atoms with Crippen molar-refractivity contribution in [2.45, 2.75) is 57.2 Å². The van der Waals surface area contributed by atoms with Crippen LogP contribution in [0, 0.1) is 0 Å². The Morgan fingerprint density at radius 3 is 2.50 bits per heavy atom. The van der Waals surface area contributed by atoms with Crippen LogP contribution >= 0.6 is 0 Å². The number of hydrogen-bond acceptors (Lipinski definition) is 5. The Bertz CT molecular complexity index is 778. The van der Waals surface area contributed by atoms with Gasteiger partial charge in [-0.15, -0.1) is 0 Å². The minimum Gasteiger partial charge on any atom is -0.368 e. The number of nitrogens with one attached hydrogen (secondary N) is 2. The molecule has 1 saturated heterocycles. The molecule has 0 aromatic heterocycles. The van der Waals surface area contributed by atoms with E-state index in [1.165, 1.54) is 0 Å². The Morgan fingerprint density at radius 2 is 1.89 bits per heavy atom. The average Bonchev–Trinajstić information content (AvgIpc) is 3.12. The number of carbonyl (C=O) groups is 2. The molecule has 156 valence electrons. The summed E-state index contributed by atoms with van der Waals surface area (Å²) >= 11 is 0. The molecule has 1 aliphatic rings. The van der Waals surface area contributed by atoms with Crippen LogP contribution in [0.4, 0.5) is 11.4 Å². The number of amides is 2. The second-order valence-electron chi connectivity index (χ2n) is 7.29. The zero-order valence-corrected chi connectivity index (χ0v) is 17.3. The van der Waals surface area contributed by atoms with Crippen molar-refractivity contribution in [3.05, 3.63) is 24.3 Å². The lowest BCUT2D eigenvalue weighted by Gasteiger charge is -2.24. The van der Waals surface area contributed by atoms with E-state index in [1.807, 2.05) is 17.0 Å². The van der Waals surface area contributed by atoms with Crippen LogP contribution < -0.4 is 20.7 Å². The summed E-state index contributed by atoms with van der Waals surface area (Å²) in [5.74, 6) is -0.429. The van der Waals surface area contributed by atoms with Crippen LogP contribution in [0.5, 0.6) is 0 Å². The molecule has 2 amide bonds. The number of benzene rings is 1. The molecule has 9 heteroatoms. The second-order valence-corrected chi connectivity index (χ2v) is 9.62. The summed E-state index contributed by atoms with van der Waals surface area (Å²) < 4.78 is 25.8. The maximum absolute atomic E-state index is 12.0. The van der Waals surface area contributed by atoms with Gasteiger partial charge in [-0.3, -0.25) is 9.59 Å². The first-order valence-corrected chi connectivity index (χ1v) is 11.2. The third-order valence-corrected chi connectivity index (χ3v) is 6.67. The topological polar surface area (TPSA) is 122 Å². The second kappa shape index (κ2) is 9.88. The van der Waals surface area contributed by atoms with Gasteiger partial charge < -0.3 is 16.0 Å². The van der Waals surface area contributed by atoms with Crippen LogP contribution in [-0.2, 0) is 19.6 Å². The van der Waals surface area contributed by atoms with Crippen molar-refractivity contribution in [3.63, 3.8) is 0 Å². The molecule has 1 aromatic rings. The van der Waals surface area contributed by atoms with Crippen LogP contribution in [-0.4, -0.2) is 44.6 Å². The molecule has 4 N–H and O–H groups in total. The first-order chi connectivity index (χ1) is 13.2. The third-order valence-electron chi connectivity index (χ3n) is 4.82. The molecule has 1 heterocycles. The number of rotatable bonds is 10. The molecule has 2 rings (SSSR count). The quantitative estimate of drug-likeness (QED) is 0.506. The summed E-state index contributed by atoms with van der Waals surface area (Å²) in [6.07, 6.45) is 3.21. The van der Waals surface area contributed by atoms with Crippen molar-refractivity contribution in [2.24, 2.45) is 5.73 Å². The van der Waals surface area contributed by atoms with E-state index >= 15 is 0 Å². The van der Waals surface area contributed by atoms with E-state index in [-0.39, 0.29) is 17.9 Å². The maximum Gasteiger partial charge on any atom is 0.240 e. The van der Waals surface area contributed by atoms with E-state index in [0.717, 1.165) is 25.1 Å². The lowest BCUT2D eigenvalue weighted by atomic mass is 10.2. The molecule has 0 aliphatic carbocycles. The molecule has 0 radical (unpaired) electrons. The van der Waals surface area contributed by atoms with Crippen LogP contribution in [0.3, 0.4) is 0 Å². The van der Waals surface area contributed by atoms with Gasteiger partial charge in [0.25, 0.3) is 0 Å². The normalized spacial score (nSPS) is 17.1. The molecular weight excluding hydrogens is 380 g/mol. The van der Waals surface area contributed by atoms with Gasteiger partial charge in [-0.05, 0) is 63.8 Å². The molecule has 0 spiro atoms.